The quantitative estimate of drug-likeness (QED) is 0.368. The van der Waals surface area contributed by atoms with Crippen molar-refractivity contribution < 1.29 is 22.6 Å². The average molecular weight is 506 g/mol. The van der Waals surface area contributed by atoms with Gasteiger partial charge in [0.2, 0.25) is 10.0 Å². The fraction of sp³-hybridized carbons (Fsp3) is 0.222. The lowest BCUT2D eigenvalue weighted by Gasteiger charge is -2.26. The van der Waals surface area contributed by atoms with E-state index in [0.29, 0.717) is 36.8 Å². The lowest BCUT2D eigenvalue weighted by atomic mass is 10.0. The maximum Gasteiger partial charge on any atom is 0.243 e. The first kappa shape index (κ1) is 23.9. The molecule has 1 aliphatic heterocycles. The van der Waals surface area contributed by atoms with Gasteiger partial charge in [-0.2, -0.15) is 4.31 Å². The van der Waals surface area contributed by atoms with Crippen molar-refractivity contribution >= 4 is 21.2 Å². The van der Waals surface area contributed by atoms with Gasteiger partial charge in [-0.05, 0) is 72.2 Å². The molecule has 0 unspecified atom stereocenters. The van der Waals surface area contributed by atoms with E-state index in [2.05, 4.69) is 0 Å². The Kier molecular flexibility index (Phi) is 6.42. The Labute approximate surface area is 210 Å². The minimum Gasteiger partial charge on any atom is -0.497 e. The second-order valence-corrected chi connectivity index (χ2v) is 10.3. The van der Waals surface area contributed by atoms with Gasteiger partial charge in [0.1, 0.15) is 11.4 Å². The fourth-order valence-corrected chi connectivity index (χ4v) is 5.72. The van der Waals surface area contributed by atoms with Crippen LogP contribution >= 0.6 is 0 Å². The van der Waals surface area contributed by atoms with Crippen LogP contribution in [0.5, 0.6) is 17.2 Å². The smallest absolute Gasteiger partial charge is 0.243 e. The Bertz CT molecular complexity index is 1540. The number of rotatable bonds is 7. The molecule has 0 amide bonds. The van der Waals surface area contributed by atoms with Gasteiger partial charge in [-0.25, -0.2) is 13.4 Å². The second-order valence-electron chi connectivity index (χ2n) is 8.40. The normalized spacial score (nSPS) is 14.5. The molecule has 9 heteroatoms. The molecule has 1 aliphatic rings. The number of pyridine rings is 1. The van der Waals surface area contributed by atoms with Crippen LogP contribution in [-0.2, 0) is 10.0 Å². The van der Waals surface area contributed by atoms with Crippen molar-refractivity contribution in [3.8, 4) is 28.5 Å². The molecule has 0 N–H and O–H groups in total. The summed E-state index contributed by atoms with van der Waals surface area (Å²) in [6.07, 6.45) is 6.62. The number of sulfonamides is 1. The van der Waals surface area contributed by atoms with Crippen molar-refractivity contribution in [2.75, 3.05) is 34.4 Å². The monoisotopic (exact) mass is 505 g/mol. The second kappa shape index (κ2) is 9.67. The Morgan fingerprint density at radius 1 is 0.833 bits per heavy atom. The molecule has 0 atom stereocenters. The van der Waals surface area contributed by atoms with Crippen molar-refractivity contribution in [3.63, 3.8) is 0 Å². The summed E-state index contributed by atoms with van der Waals surface area (Å²) in [7, 11) is 1.21. The van der Waals surface area contributed by atoms with Gasteiger partial charge in [-0.15, -0.1) is 0 Å². The molecule has 0 bridgehead atoms. The van der Waals surface area contributed by atoms with Gasteiger partial charge in [0.05, 0.1) is 31.9 Å². The molecule has 36 heavy (non-hydrogen) atoms. The van der Waals surface area contributed by atoms with Crippen LogP contribution in [0.25, 0.3) is 22.5 Å². The summed E-state index contributed by atoms with van der Waals surface area (Å²) in [5.74, 6) is 1.94. The van der Waals surface area contributed by atoms with Crippen LogP contribution in [0.3, 0.4) is 0 Å². The van der Waals surface area contributed by atoms with E-state index >= 15 is 0 Å². The predicted molar refractivity (Wildman–Crippen MR) is 138 cm³/mol. The van der Waals surface area contributed by atoms with Gasteiger partial charge in [0.15, 0.2) is 11.5 Å². The average Bonchev–Trinajstić information content (AvgIpc) is 3.36. The van der Waals surface area contributed by atoms with Crippen LogP contribution in [0.15, 0.2) is 78.0 Å². The molecule has 0 saturated heterocycles. The van der Waals surface area contributed by atoms with E-state index in [-0.39, 0.29) is 4.90 Å². The fourth-order valence-electron chi connectivity index (χ4n) is 4.34. The maximum atomic E-state index is 13.1. The number of aromatic nitrogens is 2. The Morgan fingerprint density at radius 3 is 2.25 bits per heavy atom. The predicted octanol–water partition coefficient (Wildman–Crippen LogP) is 4.51. The van der Waals surface area contributed by atoms with Gasteiger partial charge in [0, 0.05) is 31.0 Å². The maximum absolute atomic E-state index is 13.1. The minimum atomic E-state index is -3.57. The molecule has 0 radical (unpaired) electrons. The standard InChI is InChI=1S/C27H27N3O5S/c1-33-22-6-8-23(9-7-22)36(31,32)30-14-12-19(13-15-30)21-5-11-27-28-24(18-29(27)17-21)20-4-10-25(34-2)26(16-20)35-3/h4-12,16-18H,13-15H2,1-3H3. The molecule has 3 heterocycles. The van der Waals surface area contributed by atoms with Crippen LogP contribution < -0.4 is 14.2 Å². The minimum absolute atomic E-state index is 0.266. The van der Waals surface area contributed by atoms with E-state index in [1.807, 2.05) is 53.2 Å². The molecule has 0 aliphatic carbocycles. The zero-order valence-corrected chi connectivity index (χ0v) is 21.2. The van der Waals surface area contributed by atoms with E-state index < -0.39 is 10.0 Å². The third-order valence-corrected chi connectivity index (χ3v) is 8.25. The van der Waals surface area contributed by atoms with Crippen molar-refractivity contribution in [3.05, 3.63) is 78.6 Å². The third kappa shape index (κ3) is 4.43. The Balaban J connectivity index is 1.37. The van der Waals surface area contributed by atoms with E-state index in [0.717, 1.165) is 28.0 Å². The third-order valence-electron chi connectivity index (χ3n) is 6.37. The molecule has 2 aromatic carbocycles. The molecule has 0 saturated carbocycles. The van der Waals surface area contributed by atoms with Crippen molar-refractivity contribution in [2.45, 2.75) is 11.3 Å². The number of fused-ring (bicyclic) bond motifs is 1. The molecule has 4 aromatic rings. The summed E-state index contributed by atoms with van der Waals surface area (Å²) in [4.78, 5) is 5.01. The highest BCUT2D eigenvalue weighted by Crippen LogP contribution is 2.33. The highest BCUT2D eigenvalue weighted by molar-refractivity contribution is 7.89. The number of nitrogens with zero attached hydrogens (tertiary/aromatic N) is 3. The van der Waals surface area contributed by atoms with E-state index in [9.17, 15) is 8.42 Å². The summed E-state index contributed by atoms with van der Waals surface area (Å²) in [5, 5.41) is 0. The number of methoxy groups -OCH3 is 3. The Hall–Kier alpha value is -3.82. The molecular formula is C27H27N3O5S. The lowest BCUT2D eigenvalue weighted by molar-refractivity contribution is 0.355. The number of ether oxygens (including phenoxy) is 3. The number of imidazole rings is 1. The van der Waals surface area contributed by atoms with E-state index in [1.54, 1.807) is 45.6 Å². The van der Waals surface area contributed by atoms with Crippen molar-refractivity contribution in [1.82, 2.24) is 13.7 Å². The highest BCUT2D eigenvalue weighted by Gasteiger charge is 2.26. The molecule has 186 valence electrons. The van der Waals surface area contributed by atoms with E-state index in [4.69, 9.17) is 19.2 Å². The SMILES string of the molecule is COc1ccc(S(=O)(=O)N2CC=C(c3ccc4nc(-c5ccc(OC)c(OC)c5)cn4c3)CC2)cc1. The molecule has 2 aromatic heterocycles. The summed E-state index contributed by atoms with van der Waals surface area (Å²) in [6.45, 7) is 0.738. The van der Waals surface area contributed by atoms with Gasteiger partial charge in [-0.3, -0.25) is 0 Å². The number of hydrogen-bond donors (Lipinski definition) is 0. The van der Waals surface area contributed by atoms with Crippen LogP contribution in [0, 0.1) is 0 Å². The summed E-state index contributed by atoms with van der Waals surface area (Å²) >= 11 is 0. The molecule has 0 fully saturated rings. The first-order chi connectivity index (χ1) is 17.4. The zero-order chi connectivity index (χ0) is 25.3. The summed E-state index contributed by atoms with van der Waals surface area (Å²) < 4.78 is 45.5. The zero-order valence-electron chi connectivity index (χ0n) is 20.3. The van der Waals surface area contributed by atoms with Crippen LogP contribution in [0.2, 0.25) is 0 Å². The van der Waals surface area contributed by atoms with Crippen LogP contribution in [0.4, 0.5) is 0 Å². The van der Waals surface area contributed by atoms with Gasteiger partial charge in [-0.1, -0.05) is 6.08 Å². The van der Waals surface area contributed by atoms with Crippen molar-refractivity contribution in [1.29, 1.82) is 0 Å². The number of benzene rings is 2. The summed E-state index contributed by atoms with van der Waals surface area (Å²) in [5.41, 5.74) is 4.72. The van der Waals surface area contributed by atoms with Crippen LogP contribution in [0.1, 0.15) is 12.0 Å². The largest absolute Gasteiger partial charge is 0.497 e. The lowest BCUT2D eigenvalue weighted by Crippen LogP contribution is -2.34. The molecule has 8 nitrogen and oxygen atoms in total. The molecule has 5 rings (SSSR count). The topological polar surface area (TPSA) is 82.4 Å². The molecular weight excluding hydrogens is 478 g/mol. The van der Waals surface area contributed by atoms with Gasteiger partial charge in [0.25, 0.3) is 0 Å². The Morgan fingerprint density at radius 2 is 1.58 bits per heavy atom. The first-order valence-electron chi connectivity index (χ1n) is 11.5. The van der Waals surface area contributed by atoms with Crippen LogP contribution in [-0.4, -0.2) is 56.5 Å². The van der Waals surface area contributed by atoms with Gasteiger partial charge >= 0.3 is 0 Å². The van der Waals surface area contributed by atoms with E-state index in [1.165, 1.54) is 4.31 Å². The summed E-state index contributed by atoms with van der Waals surface area (Å²) in [6, 6.07) is 16.2. The van der Waals surface area contributed by atoms with Crippen molar-refractivity contribution in [2.24, 2.45) is 0 Å². The van der Waals surface area contributed by atoms with Gasteiger partial charge < -0.3 is 18.6 Å². The first-order valence-corrected chi connectivity index (χ1v) is 12.9. The number of hydrogen-bond acceptors (Lipinski definition) is 6. The highest BCUT2D eigenvalue weighted by atomic mass is 32.2. The molecule has 0 spiro atoms.